The molecule has 0 fully saturated rings. The third kappa shape index (κ3) is 1.65. The van der Waals surface area contributed by atoms with Crippen LogP contribution < -0.4 is 0 Å². The first-order chi connectivity index (χ1) is 5.05. The number of nitrogens with zero attached hydrogens (tertiary/aromatic N) is 1. The van der Waals surface area contributed by atoms with Gasteiger partial charge in [-0.25, -0.2) is 4.98 Å². The van der Waals surface area contributed by atoms with E-state index in [2.05, 4.69) is 9.40 Å². The third-order valence-corrected chi connectivity index (χ3v) is 1.28. The minimum atomic E-state index is -4.50. The summed E-state index contributed by atoms with van der Waals surface area (Å²) in [6.45, 7) is 0. The van der Waals surface area contributed by atoms with Gasteiger partial charge in [0.1, 0.15) is 5.69 Å². The second-order valence-corrected chi connectivity index (χ2v) is 2.03. The number of oxazole rings is 1. The summed E-state index contributed by atoms with van der Waals surface area (Å²) in [6, 6.07) is 0. The number of aromatic nitrogens is 1. The maximum atomic E-state index is 11.9. The van der Waals surface area contributed by atoms with Crippen LogP contribution >= 0.6 is 11.6 Å². The topological polar surface area (TPSA) is 26.0 Å². The van der Waals surface area contributed by atoms with Crippen LogP contribution in [0.15, 0.2) is 10.8 Å². The highest BCUT2D eigenvalue weighted by atomic mass is 35.5. The lowest BCUT2D eigenvalue weighted by Crippen LogP contribution is -2.06. The Balaban J connectivity index is 3.02. The molecule has 6 heteroatoms. The van der Waals surface area contributed by atoms with Gasteiger partial charge in [-0.15, -0.1) is 11.6 Å². The van der Waals surface area contributed by atoms with Crippen molar-refractivity contribution in [3.63, 3.8) is 0 Å². The van der Waals surface area contributed by atoms with Crippen LogP contribution in [0.25, 0.3) is 0 Å². The largest absolute Gasteiger partial charge is 0.451 e. The van der Waals surface area contributed by atoms with Crippen LogP contribution in [0.1, 0.15) is 11.5 Å². The van der Waals surface area contributed by atoms with E-state index >= 15 is 0 Å². The van der Waals surface area contributed by atoms with E-state index in [1.807, 2.05) is 0 Å². The first kappa shape index (κ1) is 8.39. The number of rotatable bonds is 1. The van der Waals surface area contributed by atoms with Gasteiger partial charge in [-0.1, -0.05) is 0 Å². The van der Waals surface area contributed by atoms with Crippen molar-refractivity contribution in [1.29, 1.82) is 0 Å². The standard InChI is InChI=1S/C5H3ClF3NO/c6-1-3-4(5(7,8)9)11-2-10-3/h2H,1H2. The van der Waals surface area contributed by atoms with Crippen molar-refractivity contribution in [2.75, 3.05) is 0 Å². The molecule has 0 aliphatic heterocycles. The fourth-order valence-corrected chi connectivity index (χ4v) is 0.785. The van der Waals surface area contributed by atoms with Crippen molar-refractivity contribution >= 4 is 11.6 Å². The molecule has 62 valence electrons. The molecule has 0 aliphatic rings. The zero-order chi connectivity index (χ0) is 8.48. The molecule has 0 unspecified atom stereocenters. The monoisotopic (exact) mass is 185 g/mol. The van der Waals surface area contributed by atoms with Gasteiger partial charge in [-0.05, 0) is 0 Å². The molecule has 0 spiro atoms. The minimum Gasteiger partial charge on any atom is -0.439 e. The minimum absolute atomic E-state index is 0.279. The first-order valence-corrected chi connectivity index (χ1v) is 3.14. The molecule has 0 aromatic carbocycles. The lowest BCUT2D eigenvalue weighted by molar-refractivity contribution is -0.153. The zero-order valence-electron chi connectivity index (χ0n) is 5.15. The predicted molar refractivity (Wildman–Crippen MR) is 31.1 cm³/mol. The molecular weight excluding hydrogens is 183 g/mol. The van der Waals surface area contributed by atoms with Crippen LogP contribution in [-0.2, 0) is 12.1 Å². The van der Waals surface area contributed by atoms with Crippen molar-refractivity contribution in [1.82, 2.24) is 4.98 Å². The van der Waals surface area contributed by atoms with E-state index in [9.17, 15) is 13.2 Å². The van der Waals surface area contributed by atoms with Crippen LogP contribution in [0.2, 0.25) is 0 Å². The summed E-state index contributed by atoms with van der Waals surface area (Å²) >= 11 is 5.16. The van der Waals surface area contributed by atoms with Crippen molar-refractivity contribution in [3.05, 3.63) is 17.8 Å². The number of halogens is 4. The fourth-order valence-electron chi connectivity index (χ4n) is 0.595. The van der Waals surface area contributed by atoms with E-state index in [4.69, 9.17) is 11.6 Å². The predicted octanol–water partition coefficient (Wildman–Crippen LogP) is 2.43. The quantitative estimate of drug-likeness (QED) is 0.628. The van der Waals surface area contributed by atoms with Crippen molar-refractivity contribution in [2.45, 2.75) is 12.1 Å². The highest BCUT2D eigenvalue weighted by Gasteiger charge is 2.37. The van der Waals surface area contributed by atoms with E-state index in [1.165, 1.54) is 0 Å². The van der Waals surface area contributed by atoms with Crippen LogP contribution in [0, 0.1) is 0 Å². The molecule has 11 heavy (non-hydrogen) atoms. The Kier molecular flexibility index (Phi) is 2.08. The first-order valence-electron chi connectivity index (χ1n) is 2.61. The van der Waals surface area contributed by atoms with Gasteiger partial charge < -0.3 is 4.42 Å². The van der Waals surface area contributed by atoms with E-state index in [-0.39, 0.29) is 11.6 Å². The van der Waals surface area contributed by atoms with E-state index in [0.717, 1.165) is 6.39 Å². The van der Waals surface area contributed by atoms with Gasteiger partial charge in [-0.2, -0.15) is 13.2 Å². The summed E-state index contributed by atoms with van der Waals surface area (Å²) in [5.41, 5.74) is -0.279. The van der Waals surface area contributed by atoms with Crippen molar-refractivity contribution in [3.8, 4) is 0 Å². The van der Waals surface area contributed by atoms with Crippen molar-refractivity contribution in [2.24, 2.45) is 0 Å². The molecule has 0 N–H and O–H groups in total. The molecule has 1 aromatic heterocycles. The molecule has 0 saturated carbocycles. The second-order valence-electron chi connectivity index (χ2n) is 1.76. The van der Waals surface area contributed by atoms with Gasteiger partial charge in [0.2, 0.25) is 5.76 Å². The third-order valence-electron chi connectivity index (χ3n) is 1.03. The lowest BCUT2D eigenvalue weighted by Gasteiger charge is -2.01. The Labute approximate surface area is 65.0 Å². The fraction of sp³-hybridized carbons (Fsp3) is 0.400. The average Bonchev–Trinajstić information content (AvgIpc) is 2.31. The van der Waals surface area contributed by atoms with Crippen molar-refractivity contribution < 1.29 is 17.6 Å². The molecular formula is C5H3ClF3NO. The van der Waals surface area contributed by atoms with Crippen LogP contribution in [0.4, 0.5) is 13.2 Å². The van der Waals surface area contributed by atoms with Gasteiger partial charge in [0, 0.05) is 0 Å². The number of alkyl halides is 4. The van der Waals surface area contributed by atoms with Gasteiger partial charge in [0.15, 0.2) is 6.39 Å². The summed E-state index contributed by atoms with van der Waals surface area (Å²) in [6.07, 6.45) is -3.78. The molecule has 1 heterocycles. The Morgan fingerprint density at radius 1 is 1.55 bits per heavy atom. The van der Waals surface area contributed by atoms with Gasteiger partial charge in [0.05, 0.1) is 5.88 Å². The molecule has 0 saturated heterocycles. The normalized spacial score (nSPS) is 12.0. The molecule has 0 aliphatic carbocycles. The smallest absolute Gasteiger partial charge is 0.439 e. The van der Waals surface area contributed by atoms with Gasteiger partial charge in [-0.3, -0.25) is 0 Å². The summed E-state index contributed by atoms with van der Waals surface area (Å²) < 4.78 is 39.7. The molecule has 2 nitrogen and oxygen atoms in total. The molecule has 0 radical (unpaired) electrons. The highest BCUT2D eigenvalue weighted by molar-refractivity contribution is 6.16. The Morgan fingerprint density at radius 3 is 2.55 bits per heavy atom. The van der Waals surface area contributed by atoms with Crippen LogP contribution in [0.3, 0.4) is 0 Å². The van der Waals surface area contributed by atoms with E-state index in [1.54, 1.807) is 0 Å². The molecule has 1 rings (SSSR count). The van der Waals surface area contributed by atoms with Gasteiger partial charge >= 0.3 is 6.18 Å². The van der Waals surface area contributed by atoms with Crippen LogP contribution in [0.5, 0.6) is 0 Å². The average molecular weight is 186 g/mol. The van der Waals surface area contributed by atoms with E-state index < -0.39 is 11.9 Å². The highest BCUT2D eigenvalue weighted by Crippen LogP contribution is 2.31. The summed E-state index contributed by atoms with van der Waals surface area (Å²) in [5.74, 6) is -1.42. The van der Waals surface area contributed by atoms with E-state index in [0.29, 0.717) is 0 Å². The molecule has 0 amide bonds. The Hall–Kier alpha value is -0.710. The number of hydrogen-bond acceptors (Lipinski definition) is 2. The summed E-state index contributed by atoms with van der Waals surface area (Å²) in [4.78, 5) is 3.28. The second kappa shape index (κ2) is 2.73. The molecule has 0 atom stereocenters. The van der Waals surface area contributed by atoms with Gasteiger partial charge in [0.25, 0.3) is 0 Å². The summed E-state index contributed by atoms with van der Waals surface area (Å²) in [7, 11) is 0. The Bertz CT molecular complexity index is 244. The summed E-state index contributed by atoms with van der Waals surface area (Å²) in [5, 5.41) is 0. The number of hydrogen-bond donors (Lipinski definition) is 0. The maximum absolute atomic E-state index is 11.9. The lowest BCUT2D eigenvalue weighted by atomic mass is 10.4. The zero-order valence-corrected chi connectivity index (χ0v) is 5.91. The van der Waals surface area contributed by atoms with Crippen LogP contribution in [-0.4, -0.2) is 4.98 Å². The SMILES string of the molecule is FC(F)(F)c1ocnc1CCl. The Morgan fingerprint density at radius 2 is 2.18 bits per heavy atom. The molecule has 0 bridgehead atoms. The molecule has 1 aromatic rings. The maximum Gasteiger partial charge on any atom is 0.451 e.